The van der Waals surface area contributed by atoms with Crippen LogP contribution >= 0.6 is 7.82 Å². The van der Waals surface area contributed by atoms with Crippen LogP contribution in [0.4, 0.5) is 0 Å². The number of fused-ring (bicyclic) bond motifs is 1. The Bertz CT molecular complexity index is 951. The summed E-state index contributed by atoms with van der Waals surface area (Å²) in [6.07, 6.45) is 3.43. The van der Waals surface area contributed by atoms with E-state index in [1.165, 1.54) is 22.4 Å². The van der Waals surface area contributed by atoms with Gasteiger partial charge in [-0.15, -0.1) is 0 Å². The minimum atomic E-state index is -4.64. The van der Waals surface area contributed by atoms with E-state index in [0.717, 1.165) is 26.1 Å². The first kappa shape index (κ1) is 23.4. The summed E-state index contributed by atoms with van der Waals surface area (Å²) in [5, 5.41) is 7.45. The van der Waals surface area contributed by atoms with Crippen LogP contribution in [-0.2, 0) is 4.57 Å². The van der Waals surface area contributed by atoms with Crippen molar-refractivity contribution in [3.63, 3.8) is 0 Å². The standard InChI is InChI=1S/C23H27N3.H3O4P/c1-3-14-26-23(19-12-8-5-9-13-19)21-17-25(2)16-20(22(21)24-26)15-18-10-6-4-7-11-18;1-5(2,3)4/h4-13,15,21,23H,3,14,16-17H2,1-2H3;(H3,1,2,3,4). The predicted octanol–water partition coefficient (Wildman–Crippen LogP) is 3.53. The minimum Gasteiger partial charge on any atom is -0.303 e. The van der Waals surface area contributed by atoms with Crippen molar-refractivity contribution in [3.8, 4) is 0 Å². The number of rotatable bonds is 4. The van der Waals surface area contributed by atoms with E-state index in [1.807, 2.05) is 0 Å². The topological polar surface area (TPSA) is 96.6 Å². The second-order valence-electron chi connectivity index (χ2n) is 7.90. The smallest absolute Gasteiger partial charge is 0.303 e. The fraction of sp³-hybridized carbons (Fsp3) is 0.348. The molecule has 2 unspecified atom stereocenters. The van der Waals surface area contributed by atoms with Crippen LogP contribution in [0.5, 0.6) is 0 Å². The maximum Gasteiger partial charge on any atom is 0.466 e. The zero-order valence-electron chi connectivity index (χ0n) is 17.9. The maximum atomic E-state index is 8.88. The molecule has 2 aromatic rings. The first-order valence-corrected chi connectivity index (χ1v) is 12.0. The molecule has 0 radical (unpaired) electrons. The van der Waals surface area contributed by atoms with Gasteiger partial charge in [0.1, 0.15) is 0 Å². The highest BCUT2D eigenvalue weighted by molar-refractivity contribution is 7.45. The van der Waals surface area contributed by atoms with Crippen molar-refractivity contribution in [1.82, 2.24) is 9.91 Å². The molecule has 2 aromatic carbocycles. The zero-order valence-corrected chi connectivity index (χ0v) is 18.8. The van der Waals surface area contributed by atoms with Gasteiger partial charge in [-0.05, 0) is 36.2 Å². The summed E-state index contributed by atoms with van der Waals surface area (Å²) in [6.45, 7) is 5.26. The van der Waals surface area contributed by atoms with Crippen molar-refractivity contribution in [1.29, 1.82) is 0 Å². The van der Waals surface area contributed by atoms with E-state index < -0.39 is 7.82 Å². The molecule has 2 atom stereocenters. The molecule has 4 rings (SSSR count). The van der Waals surface area contributed by atoms with Gasteiger partial charge in [0, 0.05) is 25.6 Å². The van der Waals surface area contributed by atoms with Gasteiger partial charge >= 0.3 is 7.82 Å². The van der Waals surface area contributed by atoms with Crippen LogP contribution in [0.3, 0.4) is 0 Å². The summed E-state index contributed by atoms with van der Waals surface area (Å²) < 4.78 is 8.88. The van der Waals surface area contributed by atoms with Crippen LogP contribution in [0.15, 0.2) is 71.3 Å². The summed E-state index contributed by atoms with van der Waals surface area (Å²) >= 11 is 0. The highest BCUT2D eigenvalue weighted by atomic mass is 31.2. The third-order valence-electron chi connectivity index (χ3n) is 5.30. The summed E-state index contributed by atoms with van der Waals surface area (Å²) in [5.74, 6) is 0.428. The Morgan fingerprint density at radius 3 is 2.23 bits per heavy atom. The molecule has 1 fully saturated rings. The lowest BCUT2D eigenvalue weighted by molar-refractivity contribution is 0.179. The molecule has 0 bridgehead atoms. The van der Waals surface area contributed by atoms with Gasteiger partial charge in [0.2, 0.25) is 0 Å². The third kappa shape index (κ3) is 6.60. The average molecular weight is 443 g/mol. The normalized spacial score (nSPS) is 22.5. The fourth-order valence-corrected chi connectivity index (χ4v) is 4.24. The highest BCUT2D eigenvalue weighted by Crippen LogP contribution is 2.40. The number of piperidine rings is 1. The minimum absolute atomic E-state index is 0.341. The number of hydrazone groups is 1. The lowest BCUT2D eigenvalue weighted by atomic mass is 9.83. The Hall–Kier alpha value is -2.28. The fourth-order valence-electron chi connectivity index (χ4n) is 4.24. The Balaban J connectivity index is 0.000000491. The van der Waals surface area contributed by atoms with E-state index >= 15 is 0 Å². The Kier molecular flexibility index (Phi) is 7.81. The Labute approximate surface area is 183 Å². The van der Waals surface area contributed by atoms with Gasteiger partial charge < -0.3 is 19.6 Å². The molecular weight excluding hydrogens is 413 g/mol. The second kappa shape index (κ2) is 10.4. The number of phosphoric acid groups is 1. The molecule has 0 aliphatic carbocycles. The van der Waals surface area contributed by atoms with Crippen LogP contribution in [0, 0.1) is 5.92 Å². The molecule has 2 aliphatic rings. The van der Waals surface area contributed by atoms with Crippen LogP contribution in [0.25, 0.3) is 6.08 Å². The molecule has 1 saturated heterocycles. The molecule has 31 heavy (non-hydrogen) atoms. The molecule has 0 aromatic heterocycles. The van der Waals surface area contributed by atoms with Gasteiger partial charge in [-0.1, -0.05) is 67.6 Å². The van der Waals surface area contributed by atoms with Crippen LogP contribution < -0.4 is 0 Å². The quantitative estimate of drug-likeness (QED) is 0.626. The van der Waals surface area contributed by atoms with E-state index in [1.54, 1.807) is 0 Å². The molecule has 7 nitrogen and oxygen atoms in total. The van der Waals surface area contributed by atoms with Gasteiger partial charge in [-0.25, -0.2) is 4.57 Å². The van der Waals surface area contributed by atoms with Gasteiger partial charge in [-0.3, -0.25) is 5.01 Å². The summed E-state index contributed by atoms with van der Waals surface area (Å²) in [6, 6.07) is 21.8. The van der Waals surface area contributed by atoms with Gasteiger partial charge in [-0.2, -0.15) is 5.10 Å². The molecule has 2 heterocycles. The second-order valence-corrected chi connectivity index (χ2v) is 8.93. The predicted molar refractivity (Wildman–Crippen MR) is 123 cm³/mol. The molecule has 166 valence electrons. The molecular formula is C23H30N3O4P. The number of likely N-dealkylation sites (N-methyl/N-ethyl adjacent to an activating group) is 1. The van der Waals surface area contributed by atoms with Gasteiger partial charge in [0.05, 0.1) is 11.8 Å². The monoisotopic (exact) mass is 443 g/mol. The van der Waals surface area contributed by atoms with E-state index in [0.29, 0.717) is 12.0 Å². The van der Waals surface area contributed by atoms with Crippen LogP contribution in [0.2, 0.25) is 0 Å². The third-order valence-corrected chi connectivity index (χ3v) is 5.30. The number of hydrogen-bond acceptors (Lipinski definition) is 4. The van der Waals surface area contributed by atoms with Crippen LogP contribution in [0.1, 0.15) is 30.5 Å². The number of benzene rings is 2. The van der Waals surface area contributed by atoms with Crippen molar-refractivity contribution < 1.29 is 19.2 Å². The van der Waals surface area contributed by atoms with Gasteiger partial charge in [0.25, 0.3) is 0 Å². The lowest BCUT2D eigenvalue weighted by Gasteiger charge is -2.34. The lowest BCUT2D eigenvalue weighted by Crippen LogP contribution is -2.41. The number of hydrogen-bond donors (Lipinski definition) is 3. The van der Waals surface area contributed by atoms with Crippen molar-refractivity contribution >= 4 is 19.6 Å². The van der Waals surface area contributed by atoms with E-state index in [9.17, 15) is 0 Å². The number of likely N-dealkylation sites (tertiary alicyclic amines) is 1. The molecule has 0 saturated carbocycles. The van der Waals surface area contributed by atoms with Crippen molar-refractivity contribution in [3.05, 3.63) is 77.4 Å². The SMILES string of the molecule is CCCN1N=C2C(=Cc3ccccc3)CN(C)CC2C1c1ccccc1.O=P(O)(O)O. The molecule has 8 heteroatoms. The van der Waals surface area contributed by atoms with E-state index in [4.69, 9.17) is 24.3 Å². The number of nitrogens with zero attached hydrogens (tertiary/aromatic N) is 3. The maximum absolute atomic E-state index is 8.88. The van der Waals surface area contributed by atoms with Crippen LogP contribution in [-0.4, -0.2) is 57.0 Å². The molecule has 2 aliphatic heterocycles. The molecule has 3 N–H and O–H groups in total. The summed E-state index contributed by atoms with van der Waals surface area (Å²) in [5.41, 5.74) is 5.27. The average Bonchev–Trinajstić information content (AvgIpc) is 3.06. The molecule has 0 amide bonds. The van der Waals surface area contributed by atoms with Crippen molar-refractivity contribution in [2.24, 2.45) is 11.0 Å². The first-order valence-electron chi connectivity index (χ1n) is 10.4. The van der Waals surface area contributed by atoms with E-state index in [2.05, 4.69) is 90.6 Å². The van der Waals surface area contributed by atoms with Gasteiger partial charge in [0.15, 0.2) is 0 Å². The Morgan fingerprint density at radius 2 is 1.65 bits per heavy atom. The van der Waals surface area contributed by atoms with E-state index in [-0.39, 0.29) is 0 Å². The first-order chi connectivity index (χ1) is 14.8. The summed E-state index contributed by atoms with van der Waals surface area (Å²) in [7, 11) is -2.42. The summed E-state index contributed by atoms with van der Waals surface area (Å²) in [4.78, 5) is 24.0. The Morgan fingerprint density at radius 1 is 1.06 bits per heavy atom. The largest absolute Gasteiger partial charge is 0.466 e. The van der Waals surface area contributed by atoms with Crippen molar-refractivity contribution in [2.75, 3.05) is 26.7 Å². The highest BCUT2D eigenvalue weighted by Gasteiger charge is 2.42. The molecule has 0 spiro atoms. The zero-order chi connectivity index (χ0) is 22.4. The van der Waals surface area contributed by atoms with Crippen molar-refractivity contribution in [2.45, 2.75) is 19.4 Å².